The molecule has 0 atom stereocenters. The smallest absolute Gasteiger partial charge is 0.221 e. The zero-order chi connectivity index (χ0) is 16.1. The molecule has 0 aliphatic carbocycles. The fraction of sp³-hybridized carbons (Fsp3) is 0.143. The minimum Gasteiger partial charge on any atom is -0.221 e. The third-order valence-electron chi connectivity index (χ3n) is 3.28. The second-order valence-corrected chi connectivity index (χ2v) is 7.37. The van der Waals surface area contributed by atoms with Gasteiger partial charge in [-0.2, -0.15) is 4.98 Å². The summed E-state index contributed by atoms with van der Waals surface area (Å²) in [5.74, 6) is 0. The van der Waals surface area contributed by atoms with Crippen molar-refractivity contribution in [2.45, 2.75) is 18.7 Å². The van der Waals surface area contributed by atoms with Gasteiger partial charge in [0.15, 0.2) is 5.65 Å². The lowest BCUT2D eigenvalue weighted by Crippen LogP contribution is -2.15. The average Bonchev–Trinajstić information content (AvgIpc) is 2.76. The van der Waals surface area contributed by atoms with Crippen LogP contribution in [0.1, 0.15) is 11.3 Å². The van der Waals surface area contributed by atoms with E-state index in [9.17, 15) is 8.42 Å². The average molecular weight is 356 g/mol. The number of nitrogens with zero attached hydrogens (tertiary/aromatic N) is 3. The van der Waals surface area contributed by atoms with Crippen LogP contribution in [0.2, 0.25) is 10.4 Å². The van der Waals surface area contributed by atoms with Gasteiger partial charge in [0.05, 0.1) is 10.3 Å². The predicted octanol–water partition coefficient (Wildman–Crippen LogP) is 3.59. The van der Waals surface area contributed by atoms with Crippen molar-refractivity contribution in [3.8, 4) is 0 Å². The summed E-state index contributed by atoms with van der Waals surface area (Å²) in [6.45, 7) is 3.55. The molecule has 2 aromatic heterocycles. The van der Waals surface area contributed by atoms with E-state index in [-0.39, 0.29) is 21.0 Å². The van der Waals surface area contributed by atoms with Gasteiger partial charge in [-0.05, 0) is 43.6 Å². The Kier molecular flexibility index (Phi) is 3.63. The molecule has 0 saturated heterocycles. The zero-order valence-electron chi connectivity index (χ0n) is 11.7. The molecule has 2 heterocycles. The monoisotopic (exact) mass is 355 g/mol. The molecule has 0 N–H and O–H groups in total. The van der Waals surface area contributed by atoms with Crippen LogP contribution in [0.3, 0.4) is 0 Å². The summed E-state index contributed by atoms with van der Waals surface area (Å²) in [7, 11) is -3.79. The molecule has 0 bridgehead atoms. The van der Waals surface area contributed by atoms with Crippen LogP contribution in [-0.2, 0) is 10.0 Å². The van der Waals surface area contributed by atoms with Crippen LogP contribution in [0.25, 0.3) is 11.0 Å². The maximum absolute atomic E-state index is 12.9. The van der Waals surface area contributed by atoms with Crippen LogP contribution in [-0.4, -0.2) is 22.4 Å². The Morgan fingerprint density at radius 3 is 2.32 bits per heavy atom. The molecule has 0 aliphatic rings. The molecule has 0 spiro atoms. The van der Waals surface area contributed by atoms with E-state index in [1.165, 1.54) is 0 Å². The van der Waals surface area contributed by atoms with Crippen LogP contribution in [0.4, 0.5) is 0 Å². The van der Waals surface area contributed by atoms with Gasteiger partial charge < -0.3 is 0 Å². The first kappa shape index (κ1) is 15.3. The highest BCUT2D eigenvalue weighted by molar-refractivity contribution is 7.90. The van der Waals surface area contributed by atoms with Crippen LogP contribution < -0.4 is 0 Å². The third kappa shape index (κ3) is 2.37. The van der Waals surface area contributed by atoms with Crippen LogP contribution in [0.15, 0.2) is 35.2 Å². The van der Waals surface area contributed by atoms with Gasteiger partial charge in [0.25, 0.3) is 10.0 Å². The van der Waals surface area contributed by atoms with Crippen molar-refractivity contribution in [3.05, 3.63) is 52.0 Å². The first-order chi connectivity index (χ1) is 10.3. The Balaban J connectivity index is 2.34. The third-order valence-corrected chi connectivity index (χ3v) is 5.54. The summed E-state index contributed by atoms with van der Waals surface area (Å²) >= 11 is 11.8. The molecule has 1 aromatic carbocycles. The molecule has 0 radical (unpaired) electrons. The number of hydrogen-bond donors (Lipinski definition) is 0. The second-order valence-electron chi connectivity index (χ2n) is 4.89. The lowest BCUT2D eigenvalue weighted by Gasteiger charge is -2.09. The largest absolute Gasteiger partial charge is 0.269 e. The molecule has 0 amide bonds. The number of aromatic nitrogens is 3. The molecule has 114 valence electrons. The summed E-state index contributed by atoms with van der Waals surface area (Å²) < 4.78 is 26.9. The van der Waals surface area contributed by atoms with Gasteiger partial charge in [-0.15, -0.1) is 0 Å². The number of rotatable bonds is 2. The summed E-state index contributed by atoms with van der Waals surface area (Å²) in [6, 6.07) is 8.21. The summed E-state index contributed by atoms with van der Waals surface area (Å²) in [5.41, 5.74) is 1.62. The normalized spacial score (nSPS) is 12.0. The summed E-state index contributed by atoms with van der Waals surface area (Å²) in [4.78, 5) is 8.03. The zero-order valence-corrected chi connectivity index (χ0v) is 14.0. The Morgan fingerprint density at radius 1 is 1.05 bits per heavy atom. The number of halogens is 2. The van der Waals surface area contributed by atoms with Crippen molar-refractivity contribution < 1.29 is 8.42 Å². The molecule has 0 aliphatic heterocycles. The van der Waals surface area contributed by atoms with E-state index < -0.39 is 10.0 Å². The highest BCUT2D eigenvalue weighted by Gasteiger charge is 2.24. The molecule has 0 unspecified atom stereocenters. The minimum atomic E-state index is -3.79. The van der Waals surface area contributed by atoms with Gasteiger partial charge in [0.1, 0.15) is 5.15 Å². The first-order valence-corrected chi connectivity index (χ1v) is 8.53. The molecule has 5 nitrogen and oxygen atoms in total. The summed E-state index contributed by atoms with van der Waals surface area (Å²) in [6.07, 6.45) is 0. The topological polar surface area (TPSA) is 64.8 Å². The second kappa shape index (κ2) is 5.22. The van der Waals surface area contributed by atoms with Gasteiger partial charge in [-0.1, -0.05) is 29.3 Å². The van der Waals surface area contributed by atoms with Crippen molar-refractivity contribution in [2.24, 2.45) is 0 Å². The van der Waals surface area contributed by atoms with E-state index in [1.54, 1.807) is 37.3 Å². The fourth-order valence-electron chi connectivity index (χ4n) is 2.24. The van der Waals surface area contributed by atoms with E-state index in [0.29, 0.717) is 11.1 Å². The lowest BCUT2D eigenvalue weighted by atomic mass is 10.2. The Morgan fingerprint density at radius 2 is 1.68 bits per heavy atom. The van der Waals surface area contributed by atoms with Gasteiger partial charge in [-0.25, -0.2) is 17.4 Å². The van der Waals surface area contributed by atoms with E-state index in [1.807, 2.05) is 6.92 Å². The minimum absolute atomic E-state index is 0.101. The fourth-order valence-corrected chi connectivity index (χ4v) is 4.16. The SMILES string of the molecule is Cc1ccc(S(=O)(=O)n2c(C)cc3c(Cl)nc(Cl)nc32)cc1. The Hall–Kier alpha value is -1.63. The van der Waals surface area contributed by atoms with Gasteiger partial charge in [0.2, 0.25) is 5.28 Å². The van der Waals surface area contributed by atoms with E-state index in [4.69, 9.17) is 23.2 Å². The molecule has 3 rings (SSSR count). The van der Waals surface area contributed by atoms with E-state index >= 15 is 0 Å². The van der Waals surface area contributed by atoms with Crippen LogP contribution in [0.5, 0.6) is 0 Å². The standard InChI is InChI=1S/C14H11Cl2N3O2S/c1-8-3-5-10(6-4-8)22(20,21)19-9(2)7-11-12(15)17-14(16)18-13(11)19/h3-7H,1-2H3. The van der Waals surface area contributed by atoms with Gasteiger partial charge >= 0.3 is 0 Å². The maximum atomic E-state index is 12.9. The highest BCUT2D eigenvalue weighted by Crippen LogP contribution is 2.29. The van der Waals surface area contributed by atoms with Crippen molar-refractivity contribution in [2.75, 3.05) is 0 Å². The summed E-state index contributed by atoms with van der Waals surface area (Å²) in [5, 5.41) is 0.464. The molecule has 0 saturated carbocycles. The first-order valence-electron chi connectivity index (χ1n) is 6.34. The maximum Gasteiger partial charge on any atom is 0.269 e. The number of benzene rings is 1. The van der Waals surface area contributed by atoms with Crippen molar-refractivity contribution >= 4 is 44.3 Å². The predicted molar refractivity (Wildman–Crippen MR) is 86.0 cm³/mol. The van der Waals surface area contributed by atoms with Crippen LogP contribution >= 0.6 is 23.2 Å². The molecular weight excluding hydrogens is 345 g/mol. The van der Waals surface area contributed by atoms with Crippen molar-refractivity contribution in [1.82, 2.24) is 13.9 Å². The molecule has 8 heteroatoms. The Labute approximate surface area is 137 Å². The van der Waals surface area contributed by atoms with E-state index in [0.717, 1.165) is 9.54 Å². The molecular formula is C14H11Cl2N3O2S. The highest BCUT2D eigenvalue weighted by atomic mass is 35.5. The van der Waals surface area contributed by atoms with Crippen LogP contribution in [0, 0.1) is 13.8 Å². The number of aryl methyl sites for hydroxylation is 2. The van der Waals surface area contributed by atoms with E-state index in [2.05, 4.69) is 9.97 Å². The van der Waals surface area contributed by atoms with Crippen molar-refractivity contribution in [3.63, 3.8) is 0 Å². The number of hydrogen-bond acceptors (Lipinski definition) is 4. The molecule has 0 fully saturated rings. The molecule has 3 aromatic rings. The Bertz CT molecular complexity index is 979. The van der Waals surface area contributed by atoms with Gasteiger partial charge in [-0.3, -0.25) is 0 Å². The quantitative estimate of drug-likeness (QED) is 0.520. The van der Waals surface area contributed by atoms with Crippen molar-refractivity contribution in [1.29, 1.82) is 0 Å². The molecule has 22 heavy (non-hydrogen) atoms. The lowest BCUT2D eigenvalue weighted by molar-refractivity contribution is 0.587. The number of fused-ring (bicyclic) bond motifs is 1. The van der Waals surface area contributed by atoms with Gasteiger partial charge in [0, 0.05) is 5.69 Å².